The molecule has 0 bridgehead atoms. The molecule has 2 aliphatic rings. The van der Waals surface area contributed by atoms with E-state index in [0.29, 0.717) is 26.2 Å². The van der Waals surface area contributed by atoms with E-state index in [0.717, 1.165) is 50.8 Å². The molecule has 1 aromatic carbocycles. The van der Waals surface area contributed by atoms with Gasteiger partial charge in [-0.1, -0.05) is 31.5 Å². The van der Waals surface area contributed by atoms with E-state index in [1.165, 1.54) is 0 Å². The van der Waals surface area contributed by atoms with Crippen LogP contribution in [0.4, 0.5) is 10.5 Å². The highest BCUT2D eigenvalue weighted by Gasteiger charge is 2.34. The van der Waals surface area contributed by atoms with E-state index in [1.807, 2.05) is 47.2 Å². The Morgan fingerprint density at radius 3 is 2.39 bits per heavy atom. The summed E-state index contributed by atoms with van der Waals surface area (Å²) in [6.07, 6.45) is 5.20. The quantitative estimate of drug-likeness (QED) is 0.754. The summed E-state index contributed by atoms with van der Waals surface area (Å²) in [6.45, 7) is 5.31. The Kier molecular flexibility index (Phi) is 8.32. The second kappa shape index (κ2) is 11.2. The largest absolute Gasteiger partial charge is 0.346 e. The normalized spacial score (nSPS) is 19.7. The SMILES string of the molecule is CCCCN(C)C(=O)C1CCN(C(=O)C2CCCN(C(=O)Nc3ccccc3)C2)CC1. The van der Waals surface area contributed by atoms with Crippen LogP contribution in [0.25, 0.3) is 0 Å². The molecule has 7 heteroatoms. The monoisotopic (exact) mass is 428 g/mol. The first-order valence-electron chi connectivity index (χ1n) is 11.6. The molecule has 7 nitrogen and oxygen atoms in total. The van der Waals surface area contributed by atoms with Crippen molar-refractivity contribution in [2.24, 2.45) is 11.8 Å². The van der Waals surface area contributed by atoms with Gasteiger partial charge in [0.25, 0.3) is 0 Å². The van der Waals surface area contributed by atoms with Crippen molar-refractivity contribution in [3.63, 3.8) is 0 Å². The maximum Gasteiger partial charge on any atom is 0.321 e. The minimum Gasteiger partial charge on any atom is -0.346 e. The second-order valence-electron chi connectivity index (χ2n) is 8.79. The molecule has 0 aliphatic carbocycles. The highest BCUT2D eigenvalue weighted by molar-refractivity contribution is 5.90. The minimum atomic E-state index is -0.158. The summed E-state index contributed by atoms with van der Waals surface area (Å²) in [5.41, 5.74) is 0.761. The Balaban J connectivity index is 1.48. The molecule has 1 aromatic rings. The number of hydrogen-bond acceptors (Lipinski definition) is 3. The maximum atomic E-state index is 13.1. The fraction of sp³-hybridized carbons (Fsp3) is 0.625. The number of nitrogens with zero attached hydrogens (tertiary/aromatic N) is 3. The van der Waals surface area contributed by atoms with Gasteiger partial charge in [0, 0.05) is 51.4 Å². The maximum absolute atomic E-state index is 13.1. The average Bonchev–Trinajstić information content (AvgIpc) is 2.82. The Labute approximate surface area is 185 Å². The van der Waals surface area contributed by atoms with Crippen molar-refractivity contribution >= 4 is 23.5 Å². The van der Waals surface area contributed by atoms with Crippen molar-refractivity contribution in [1.29, 1.82) is 0 Å². The molecule has 1 unspecified atom stereocenters. The van der Waals surface area contributed by atoms with Gasteiger partial charge in [-0.2, -0.15) is 0 Å². The zero-order valence-electron chi connectivity index (χ0n) is 18.9. The number of para-hydroxylation sites is 1. The van der Waals surface area contributed by atoms with E-state index >= 15 is 0 Å². The van der Waals surface area contributed by atoms with Crippen molar-refractivity contribution < 1.29 is 14.4 Å². The lowest BCUT2D eigenvalue weighted by atomic mass is 9.92. The Morgan fingerprint density at radius 1 is 1.00 bits per heavy atom. The van der Waals surface area contributed by atoms with E-state index in [4.69, 9.17) is 0 Å². The molecule has 1 atom stereocenters. The molecule has 170 valence electrons. The van der Waals surface area contributed by atoms with Crippen LogP contribution in [-0.2, 0) is 9.59 Å². The van der Waals surface area contributed by atoms with Crippen molar-refractivity contribution in [2.75, 3.05) is 45.1 Å². The van der Waals surface area contributed by atoms with Crippen LogP contribution in [0.15, 0.2) is 30.3 Å². The summed E-state index contributed by atoms with van der Waals surface area (Å²) in [7, 11) is 1.88. The van der Waals surface area contributed by atoms with Crippen LogP contribution in [0.1, 0.15) is 45.4 Å². The number of amides is 4. The third-order valence-corrected chi connectivity index (χ3v) is 6.46. The molecular formula is C24H36N4O3. The number of carbonyl (C=O) groups is 3. The molecular weight excluding hydrogens is 392 g/mol. The van der Waals surface area contributed by atoms with Crippen LogP contribution in [-0.4, -0.2) is 72.3 Å². The van der Waals surface area contributed by atoms with Gasteiger partial charge in [0.15, 0.2) is 0 Å². The summed E-state index contributed by atoms with van der Waals surface area (Å²) in [4.78, 5) is 43.8. The second-order valence-corrected chi connectivity index (χ2v) is 8.79. The van der Waals surface area contributed by atoms with E-state index in [-0.39, 0.29) is 29.7 Å². The molecule has 31 heavy (non-hydrogen) atoms. The van der Waals surface area contributed by atoms with E-state index < -0.39 is 0 Å². The molecule has 4 amide bonds. The number of urea groups is 1. The highest BCUT2D eigenvalue weighted by Crippen LogP contribution is 2.25. The van der Waals surface area contributed by atoms with Crippen LogP contribution >= 0.6 is 0 Å². The molecule has 0 radical (unpaired) electrons. The van der Waals surface area contributed by atoms with Crippen LogP contribution in [0.2, 0.25) is 0 Å². The summed E-state index contributed by atoms with van der Waals surface area (Å²) in [5.74, 6) is 0.199. The average molecular weight is 429 g/mol. The topological polar surface area (TPSA) is 73.0 Å². The van der Waals surface area contributed by atoms with Crippen molar-refractivity contribution in [3.8, 4) is 0 Å². The first-order valence-corrected chi connectivity index (χ1v) is 11.6. The first kappa shape index (κ1) is 23.1. The van der Waals surface area contributed by atoms with Crippen LogP contribution in [0.5, 0.6) is 0 Å². The van der Waals surface area contributed by atoms with E-state index in [2.05, 4.69) is 12.2 Å². The number of unbranched alkanes of at least 4 members (excludes halogenated alkanes) is 1. The third-order valence-electron chi connectivity index (χ3n) is 6.46. The standard InChI is InChI=1S/C24H36N4O3/c1-3-4-14-26(2)22(29)19-12-16-27(17-13-19)23(30)20-9-8-15-28(18-20)24(31)25-21-10-6-5-7-11-21/h5-7,10-11,19-20H,3-4,8-9,12-18H2,1-2H3,(H,25,31). The number of piperidine rings is 2. The van der Waals surface area contributed by atoms with E-state index in [1.54, 1.807) is 4.90 Å². The number of likely N-dealkylation sites (tertiary alicyclic amines) is 2. The van der Waals surface area contributed by atoms with Crippen LogP contribution < -0.4 is 5.32 Å². The van der Waals surface area contributed by atoms with Gasteiger partial charge in [0.1, 0.15) is 0 Å². The van der Waals surface area contributed by atoms with Gasteiger partial charge in [-0.15, -0.1) is 0 Å². The molecule has 2 fully saturated rings. The van der Waals surface area contributed by atoms with E-state index in [9.17, 15) is 14.4 Å². The molecule has 2 aliphatic heterocycles. The number of anilines is 1. The Bertz CT molecular complexity index is 746. The highest BCUT2D eigenvalue weighted by atomic mass is 16.2. The smallest absolute Gasteiger partial charge is 0.321 e. The van der Waals surface area contributed by atoms with Gasteiger partial charge < -0.3 is 20.0 Å². The molecule has 0 saturated carbocycles. The molecule has 1 N–H and O–H groups in total. The zero-order chi connectivity index (χ0) is 22.2. The van der Waals surface area contributed by atoms with Crippen LogP contribution in [0, 0.1) is 11.8 Å². The van der Waals surface area contributed by atoms with Crippen molar-refractivity contribution in [2.45, 2.75) is 45.4 Å². The van der Waals surface area contributed by atoms with Crippen LogP contribution in [0.3, 0.4) is 0 Å². The third kappa shape index (κ3) is 6.21. The fourth-order valence-electron chi connectivity index (χ4n) is 4.51. The lowest BCUT2D eigenvalue weighted by Crippen LogP contribution is -2.50. The summed E-state index contributed by atoms with van der Waals surface area (Å²) < 4.78 is 0. The lowest BCUT2D eigenvalue weighted by Gasteiger charge is -2.38. The van der Waals surface area contributed by atoms with Gasteiger partial charge in [-0.3, -0.25) is 9.59 Å². The minimum absolute atomic E-state index is 0.0189. The first-order chi connectivity index (χ1) is 15.0. The number of rotatable bonds is 6. The predicted molar refractivity (Wildman–Crippen MR) is 122 cm³/mol. The number of hydrogen-bond donors (Lipinski definition) is 1. The van der Waals surface area contributed by atoms with Gasteiger partial charge in [-0.05, 0) is 44.2 Å². The summed E-state index contributed by atoms with van der Waals surface area (Å²) in [6, 6.07) is 9.24. The Morgan fingerprint density at radius 2 is 1.71 bits per heavy atom. The summed E-state index contributed by atoms with van der Waals surface area (Å²) in [5, 5.41) is 2.91. The molecule has 0 spiro atoms. The van der Waals surface area contributed by atoms with Gasteiger partial charge >= 0.3 is 6.03 Å². The van der Waals surface area contributed by atoms with Crippen molar-refractivity contribution in [3.05, 3.63) is 30.3 Å². The molecule has 3 rings (SSSR count). The van der Waals surface area contributed by atoms with Gasteiger partial charge in [0.2, 0.25) is 11.8 Å². The number of nitrogens with one attached hydrogen (secondary N) is 1. The number of benzene rings is 1. The number of carbonyl (C=O) groups excluding carboxylic acids is 3. The molecule has 2 saturated heterocycles. The van der Waals surface area contributed by atoms with Gasteiger partial charge in [-0.25, -0.2) is 4.79 Å². The molecule has 2 heterocycles. The van der Waals surface area contributed by atoms with Gasteiger partial charge in [0.05, 0.1) is 5.92 Å². The Hall–Kier alpha value is -2.57. The van der Waals surface area contributed by atoms with Crippen molar-refractivity contribution in [1.82, 2.24) is 14.7 Å². The predicted octanol–water partition coefficient (Wildman–Crippen LogP) is 3.43. The molecule has 0 aromatic heterocycles. The zero-order valence-corrected chi connectivity index (χ0v) is 18.9. The summed E-state index contributed by atoms with van der Waals surface area (Å²) >= 11 is 0. The fourth-order valence-corrected chi connectivity index (χ4v) is 4.51. The lowest BCUT2D eigenvalue weighted by molar-refractivity contribution is -0.142.